The van der Waals surface area contributed by atoms with Crippen LogP contribution in [0.1, 0.15) is 37.0 Å². The Labute approximate surface area is 137 Å². The van der Waals surface area contributed by atoms with Crippen molar-refractivity contribution in [1.29, 1.82) is 0 Å². The van der Waals surface area contributed by atoms with Crippen LogP contribution in [-0.4, -0.2) is 55.4 Å². The maximum Gasteiger partial charge on any atom is 0.254 e. The molecule has 5 nitrogen and oxygen atoms in total. The lowest BCUT2D eigenvalue weighted by Gasteiger charge is -2.42. The average molecular weight is 319 g/mol. The predicted molar refractivity (Wildman–Crippen MR) is 86.8 cm³/mol. The van der Waals surface area contributed by atoms with Crippen LogP contribution < -0.4 is 4.74 Å². The number of hydrogen-bond acceptors (Lipinski definition) is 4. The maximum atomic E-state index is 12.7. The molecule has 3 rings (SSSR count). The van der Waals surface area contributed by atoms with E-state index in [1.54, 1.807) is 0 Å². The summed E-state index contributed by atoms with van der Waals surface area (Å²) in [6.07, 6.45) is 2.37. The number of nitrogens with zero attached hydrogens (tertiary/aromatic N) is 1. The summed E-state index contributed by atoms with van der Waals surface area (Å²) in [5, 5.41) is 0. The smallest absolute Gasteiger partial charge is 0.254 e. The minimum atomic E-state index is -0.273. The zero-order valence-corrected chi connectivity index (χ0v) is 13.9. The van der Waals surface area contributed by atoms with E-state index in [2.05, 4.69) is 0 Å². The van der Waals surface area contributed by atoms with Crippen molar-refractivity contribution in [3.63, 3.8) is 0 Å². The van der Waals surface area contributed by atoms with Gasteiger partial charge >= 0.3 is 0 Å². The molecule has 1 aromatic rings. The van der Waals surface area contributed by atoms with E-state index in [4.69, 9.17) is 14.2 Å². The van der Waals surface area contributed by atoms with Crippen LogP contribution in [0, 0.1) is 0 Å². The highest BCUT2D eigenvalue weighted by molar-refractivity contribution is 5.94. The summed E-state index contributed by atoms with van der Waals surface area (Å²) in [5.74, 6) is 0.822. The second kappa shape index (κ2) is 6.89. The molecular weight excluding hydrogens is 294 g/mol. The third-order valence-electron chi connectivity index (χ3n) is 4.45. The lowest BCUT2D eigenvalue weighted by Crippen LogP contribution is -2.55. The largest absolute Gasteiger partial charge is 0.491 e. The minimum absolute atomic E-state index is 0.0453. The van der Waals surface area contributed by atoms with Crippen LogP contribution in [-0.2, 0) is 9.47 Å². The molecule has 0 aliphatic carbocycles. The molecule has 0 N–H and O–H groups in total. The van der Waals surface area contributed by atoms with E-state index in [9.17, 15) is 4.79 Å². The third-order valence-corrected chi connectivity index (χ3v) is 4.45. The number of carbonyl (C=O) groups is 1. The highest BCUT2D eigenvalue weighted by atomic mass is 16.5. The molecule has 0 saturated carbocycles. The first-order chi connectivity index (χ1) is 11.1. The standard InChI is InChI=1S/C18H25NO4/c1-18(2)13-21-11-9-19(18)17(20)14-5-7-15(8-6-14)23-12-16-4-3-10-22-16/h5-8,16H,3-4,9-13H2,1-2H3. The number of rotatable bonds is 4. The Balaban J connectivity index is 1.60. The van der Waals surface area contributed by atoms with Crippen molar-refractivity contribution in [2.75, 3.05) is 33.0 Å². The van der Waals surface area contributed by atoms with Gasteiger partial charge in [-0.15, -0.1) is 0 Å². The molecule has 2 aliphatic heterocycles. The van der Waals surface area contributed by atoms with E-state index < -0.39 is 0 Å². The summed E-state index contributed by atoms with van der Waals surface area (Å²) in [6.45, 7) is 7.26. The van der Waals surface area contributed by atoms with Crippen molar-refractivity contribution >= 4 is 5.91 Å². The Morgan fingerprint density at radius 3 is 2.74 bits per heavy atom. The second-order valence-corrected chi connectivity index (χ2v) is 6.79. The van der Waals surface area contributed by atoms with Gasteiger partial charge in [-0.1, -0.05) is 0 Å². The molecule has 126 valence electrons. The molecule has 1 amide bonds. The molecule has 0 spiro atoms. The van der Waals surface area contributed by atoms with Crippen LogP contribution in [0.3, 0.4) is 0 Å². The van der Waals surface area contributed by atoms with Gasteiger partial charge in [0, 0.05) is 18.7 Å². The molecule has 23 heavy (non-hydrogen) atoms. The van der Waals surface area contributed by atoms with Crippen LogP contribution in [0.25, 0.3) is 0 Å². The summed E-state index contributed by atoms with van der Waals surface area (Å²) >= 11 is 0. The highest BCUT2D eigenvalue weighted by Crippen LogP contribution is 2.23. The van der Waals surface area contributed by atoms with Crippen LogP contribution in [0.4, 0.5) is 0 Å². The zero-order chi connectivity index (χ0) is 16.3. The van der Waals surface area contributed by atoms with Crippen LogP contribution in [0.2, 0.25) is 0 Å². The van der Waals surface area contributed by atoms with Gasteiger partial charge in [0.1, 0.15) is 12.4 Å². The van der Waals surface area contributed by atoms with Gasteiger partial charge in [0.05, 0.1) is 24.9 Å². The van der Waals surface area contributed by atoms with Crippen molar-refractivity contribution in [2.24, 2.45) is 0 Å². The summed E-state index contributed by atoms with van der Waals surface area (Å²) in [6, 6.07) is 7.38. The van der Waals surface area contributed by atoms with Gasteiger partial charge < -0.3 is 19.1 Å². The van der Waals surface area contributed by atoms with Gasteiger partial charge in [-0.05, 0) is 51.0 Å². The van der Waals surface area contributed by atoms with Gasteiger partial charge in [0.15, 0.2) is 0 Å². The molecule has 2 aliphatic rings. The zero-order valence-electron chi connectivity index (χ0n) is 13.9. The molecule has 0 bridgehead atoms. The van der Waals surface area contributed by atoms with Crippen molar-refractivity contribution in [1.82, 2.24) is 4.90 Å². The number of benzene rings is 1. The first-order valence-corrected chi connectivity index (χ1v) is 8.30. The molecule has 2 saturated heterocycles. The Morgan fingerprint density at radius 2 is 2.09 bits per heavy atom. The third kappa shape index (κ3) is 3.85. The number of amides is 1. The second-order valence-electron chi connectivity index (χ2n) is 6.79. The van der Waals surface area contributed by atoms with E-state index in [1.165, 1.54) is 0 Å². The van der Waals surface area contributed by atoms with E-state index >= 15 is 0 Å². The topological polar surface area (TPSA) is 48.0 Å². The van der Waals surface area contributed by atoms with E-state index in [-0.39, 0.29) is 17.6 Å². The van der Waals surface area contributed by atoms with Gasteiger partial charge in [-0.3, -0.25) is 4.79 Å². The number of ether oxygens (including phenoxy) is 3. The molecule has 2 heterocycles. The molecule has 2 fully saturated rings. The van der Waals surface area contributed by atoms with Crippen LogP contribution in [0.15, 0.2) is 24.3 Å². The first kappa shape index (κ1) is 16.3. The summed E-state index contributed by atoms with van der Waals surface area (Å²) in [7, 11) is 0. The first-order valence-electron chi connectivity index (χ1n) is 8.30. The normalized spacial score (nSPS) is 23.7. The fourth-order valence-electron chi connectivity index (χ4n) is 3.05. The predicted octanol–water partition coefficient (Wildman–Crippen LogP) is 2.50. The Hall–Kier alpha value is -1.59. The number of carbonyl (C=O) groups excluding carboxylic acids is 1. The van der Waals surface area contributed by atoms with Crippen molar-refractivity contribution < 1.29 is 19.0 Å². The minimum Gasteiger partial charge on any atom is -0.491 e. The van der Waals surface area contributed by atoms with Crippen molar-refractivity contribution in [2.45, 2.75) is 38.3 Å². The van der Waals surface area contributed by atoms with Gasteiger partial charge in [0.25, 0.3) is 5.91 Å². The number of hydrogen-bond donors (Lipinski definition) is 0. The molecule has 1 unspecified atom stereocenters. The lowest BCUT2D eigenvalue weighted by molar-refractivity contribution is -0.0370. The van der Waals surface area contributed by atoms with Crippen molar-refractivity contribution in [3.05, 3.63) is 29.8 Å². The fraction of sp³-hybridized carbons (Fsp3) is 0.611. The average Bonchev–Trinajstić information content (AvgIpc) is 3.06. The lowest BCUT2D eigenvalue weighted by atomic mass is 10.0. The Kier molecular flexibility index (Phi) is 4.87. The SMILES string of the molecule is CC1(C)COCCN1C(=O)c1ccc(OCC2CCCO2)cc1. The number of morpholine rings is 1. The maximum absolute atomic E-state index is 12.7. The van der Waals surface area contributed by atoms with E-state index in [0.29, 0.717) is 31.9 Å². The Bertz CT molecular complexity index is 534. The molecular formula is C18H25NO4. The van der Waals surface area contributed by atoms with E-state index in [1.807, 2.05) is 43.0 Å². The van der Waals surface area contributed by atoms with Crippen LogP contribution in [0.5, 0.6) is 5.75 Å². The monoisotopic (exact) mass is 319 g/mol. The fourth-order valence-corrected chi connectivity index (χ4v) is 3.05. The molecule has 5 heteroatoms. The Morgan fingerprint density at radius 1 is 1.30 bits per heavy atom. The van der Waals surface area contributed by atoms with Gasteiger partial charge in [-0.2, -0.15) is 0 Å². The molecule has 0 radical (unpaired) electrons. The summed E-state index contributed by atoms with van der Waals surface area (Å²) < 4.78 is 16.8. The van der Waals surface area contributed by atoms with E-state index in [0.717, 1.165) is 25.2 Å². The van der Waals surface area contributed by atoms with Crippen molar-refractivity contribution in [3.8, 4) is 5.75 Å². The summed E-state index contributed by atoms with van der Waals surface area (Å²) in [4.78, 5) is 14.6. The summed E-state index contributed by atoms with van der Waals surface area (Å²) in [5.41, 5.74) is 0.411. The van der Waals surface area contributed by atoms with Crippen LogP contribution >= 0.6 is 0 Å². The molecule has 1 atom stereocenters. The quantitative estimate of drug-likeness (QED) is 0.855. The highest BCUT2D eigenvalue weighted by Gasteiger charge is 2.34. The molecule has 0 aromatic heterocycles. The van der Waals surface area contributed by atoms with Gasteiger partial charge in [0.2, 0.25) is 0 Å². The molecule has 1 aromatic carbocycles. The van der Waals surface area contributed by atoms with Gasteiger partial charge in [-0.25, -0.2) is 0 Å².